The van der Waals surface area contributed by atoms with Gasteiger partial charge in [-0.1, -0.05) is 0 Å². The Morgan fingerprint density at radius 2 is 1.00 bits per heavy atom. The summed E-state index contributed by atoms with van der Waals surface area (Å²) < 4.78 is 25.8. The van der Waals surface area contributed by atoms with Crippen molar-refractivity contribution in [3.63, 3.8) is 0 Å². The average Bonchev–Trinajstić information content (AvgIpc) is 0.811. The van der Waals surface area contributed by atoms with Gasteiger partial charge >= 0.3 is 27.4 Å². The van der Waals surface area contributed by atoms with E-state index in [0.717, 1.165) is 0 Å². The average molecular weight is 341 g/mol. The zero-order valence-corrected chi connectivity index (χ0v) is 6.11. The van der Waals surface area contributed by atoms with Gasteiger partial charge in [-0.2, -0.15) is 0 Å². The summed E-state index contributed by atoms with van der Waals surface area (Å²) in [6.45, 7) is 0. The zero-order chi connectivity index (χ0) is 3.58. The van der Waals surface area contributed by atoms with E-state index >= 15 is 0 Å². The Bertz CT molecular complexity index is 76.3. The summed E-state index contributed by atoms with van der Waals surface area (Å²) in [7, 11) is 0. The quantitative estimate of drug-likeness (QED) is 0.566. The van der Waals surface area contributed by atoms with Crippen LogP contribution in [0.4, 0.5) is 0 Å². The van der Waals surface area contributed by atoms with Crippen LogP contribution in [0.15, 0.2) is 0 Å². The first-order chi connectivity index (χ1) is 1.73. The van der Waals surface area contributed by atoms with Crippen molar-refractivity contribution < 1.29 is 49.8 Å². The van der Waals surface area contributed by atoms with Crippen LogP contribution in [-0.4, -0.2) is 0 Å². The summed E-state index contributed by atoms with van der Waals surface area (Å²) in [4.78, 5) is 0. The maximum absolute atomic E-state index is 8.59. The summed E-state index contributed by atoms with van der Waals surface area (Å²) >= 11 is -4.11. The third-order valence-corrected chi connectivity index (χ3v) is 0. The predicted octanol–water partition coefficient (Wildman–Crippen LogP) is -0.361. The van der Waals surface area contributed by atoms with Crippen LogP contribution in [0, 0.1) is 0 Å². The second-order valence-corrected chi connectivity index (χ2v) is 1.21. The van der Waals surface area contributed by atoms with Gasteiger partial charge < -0.3 is 0 Å². The van der Waals surface area contributed by atoms with Crippen molar-refractivity contribution >= 4 is 0 Å². The SMILES string of the molecule is [Au].[O]=[Mo](=[O])=[O]. The van der Waals surface area contributed by atoms with Gasteiger partial charge in [-0.05, 0) is 0 Å². The Kier molecular flexibility index (Phi) is 8.95. The van der Waals surface area contributed by atoms with E-state index in [1.807, 2.05) is 0 Å². The first kappa shape index (κ1) is 9.27. The molecule has 0 aliphatic carbocycles. The summed E-state index contributed by atoms with van der Waals surface area (Å²) in [5, 5.41) is 0. The van der Waals surface area contributed by atoms with Crippen molar-refractivity contribution in [2.75, 3.05) is 0 Å². The molecule has 0 spiro atoms. The molecule has 5 heteroatoms. The molecule has 3 nitrogen and oxygen atoms in total. The molecule has 0 saturated heterocycles. The number of hydrogen-bond donors (Lipinski definition) is 0. The van der Waals surface area contributed by atoms with E-state index in [0.29, 0.717) is 0 Å². The third kappa shape index (κ3) is 56.3. The van der Waals surface area contributed by atoms with Crippen LogP contribution in [0.25, 0.3) is 0 Å². The van der Waals surface area contributed by atoms with Crippen molar-refractivity contribution in [2.45, 2.75) is 0 Å². The van der Waals surface area contributed by atoms with Crippen molar-refractivity contribution in [3.05, 3.63) is 0 Å². The molecular formula is AuMoO3. The molecule has 1 radical (unpaired) electrons. The van der Waals surface area contributed by atoms with Crippen LogP contribution in [0.2, 0.25) is 0 Å². The molecule has 0 rings (SSSR count). The molecule has 0 aromatic carbocycles. The predicted molar refractivity (Wildman–Crippen MR) is 2.06 cm³/mol. The zero-order valence-electron chi connectivity index (χ0n) is 1.93. The third-order valence-electron chi connectivity index (χ3n) is 0. The Morgan fingerprint density at radius 1 is 1.00 bits per heavy atom. The standard InChI is InChI=1S/Au.Mo.3O. The fourth-order valence-corrected chi connectivity index (χ4v) is 0. The first-order valence-corrected chi connectivity index (χ1v) is 2.96. The molecule has 0 unspecified atom stereocenters. The van der Waals surface area contributed by atoms with Crippen LogP contribution in [0.1, 0.15) is 0 Å². The van der Waals surface area contributed by atoms with E-state index in [9.17, 15) is 0 Å². The van der Waals surface area contributed by atoms with Crippen molar-refractivity contribution in [1.29, 1.82) is 0 Å². The van der Waals surface area contributed by atoms with E-state index < -0.39 is 17.2 Å². The maximum atomic E-state index is 8.59. The van der Waals surface area contributed by atoms with E-state index in [1.54, 1.807) is 0 Å². The molecule has 5 heavy (non-hydrogen) atoms. The molecule has 0 aromatic heterocycles. The number of rotatable bonds is 0. The van der Waals surface area contributed by atoms with Crippen LogP contribution < -0.4 is 0 Å². The van der Waals surface area contributed by atoms with Crippen LogP contribution >= 0.6 is 0 Å². The Morgan fingerprint density at radius 3 is 1.00 bits per heavy atom. The normalized spacial score (nSPS) is 4.80. The van der Waals surface area contributed by atoms with Gasteiger partial charge in [0.25, 0.3) is 0 Å². The van der Waals surface area contributed by atoms with E-state index in [1.165, 1.54) is 0 Å². The Hall–Kier alpha value is 0.829. The second kappa shape index (κ2) is 4.83. The van der Waals surface area contributed by atoms with Gasteiger partial charge in [0.15, 0.2) is 0 Å². The Balaban J connectivity index is 0. The van der Waals surface area contributed by atoms with E-state index in [-0.39, 0.29) is 22.4 Å². The Labute approximate surface area is 49.7 Å². The summed E-state index contributed by atoms with van der Waals surface area (Å²) in [5.74, 6) is 0. The van der Waals surface area contributed by atoms with Gasteiger partial charge in [0.1, 0.15) is 0 Å². The molecule has 0 amide bonds. The summed E-state index contributed by atoms with van der Waals surface area (Å²) in [6.07, 6.45) is 0. The van der Waals surface area contributed by atoms with Gasteiger partial charge in [0.2, 0.25) is 0 Å². The summed E-state index contributed by atoms with van der Waals surface area (Å²) in [6, 6.07) is 0. The first-order valence-electron chi connectivity index (χ1n) is 0.500. The monoisotopic (exact) mass is 343 g/mol. The van der Waals surface area contributed by atoms with Crippen LogP contribution in [0.3, 0.4) is 0 Å². The molecule has 0 bridgehead atoms. The van der Waals surface area contributed by atoms with Crippen LogP contribution in [0.5, 0.6) is 0 Å². The molecule has 0 aliphatic rings. The van der Waals surface area contributed by atoms with Crippen molar-refractivity contribution in [2.24, 2.45) is 0 Å². The fraction of sp³-hybridized carbons (Fsp3) is 0. The van der Waals surface area contributed by atoms with Gasteiger partial charge in [0.05, 0.1) is 0 Å². The number of hydrogen-bond acceptors (Lipinski definition) is 3. The van der Waals surface area contributed by atoms with Gasteiger partial charge in [-0.15, -0.1) is 0 Å². The van der Waals surface area contributed by atoms with Gasteiger partial charge in [-0.25, -0.2) is 0 Å². The minimum atomic E-state index is -4.11. The molecule has 0 heterocycles. The molecule has 35 valence electrons. The molecular weight excluding hydrogens is 341 g/mol. The molecule has 0 atom stereocenters. The van der Waals surface area contributed by atoms with E-state index in [2.05, 4.69) is 0 Å². The molecule has 0 saturated carbocycles. The van der Waals surface area contributed by atoms with Crippen molar-refractivity contribution in [3.8, 4) is 0 Å². The van der Waals surface area contributed by atoms with Crippen molar-refractivity contribution in [1.82, 2.24) is 0 Å². The molecule has 0 aromatic rings. The molecule has 0 fully saturated rings. The van der Waals surface area contributed by atoms with Crippen LogP contribution in [-0.2, 0) is 49.8 Å². The second-order valence-electron chi connectivity index (χ2n) is 0.204. The topological polar surface area (TPSA) is 51.2 Å². The summed E-state index contributed by atoms with van der Waals surface area (Å²) in [5.41, 5.74) is 0. The van der Waals surface area contributed by atoms with E-state index in [4.69, 9.17) is 10.2 Å². The fourth-order valence-electron chi connectivity index (χ4n) is 0. The molecule has 0 N–H and O–H groups in total. The minimum absolute atomic E-state index is 0. The molecule has 0 aliphatic heterocycles. The van der Waals surface area contributed by atoms with Gasteiger partial charge in [0, 0.05) is 22.4 Å². The van der Waals surface area contributed by atoms with Gasteiger partial charge in [-0.3, -0.25) is 0 Å².